The molecule has 2 atom stereocenters. The molecule has 11 heavy (non-hydrogen) atoms. The lowest BCUT2D eigenvalue weighted by molar-refractivity contribution is 0.164. The van der Waals surface area contributed by atoms with Crippen molar-refractivity contribution in [3.8, 4) is 0 Å². The molecule has 1 aliphatic rings. The van der Waals surface area contributed by atoms with Gasteiger partial charge in [0.1, 0.15) is 0 Å². The van der Waals surface area contributed by atoms with E-state index in [1.54, 1.807) is 0 Å². The van der Waals surface area contributed by atoms with Crippen molar-refractivity contribution >= 4 is 0 Å². The molecule has 1 heteroatoms. The van der Waals surface area contributed by atoms with Gasteiger partial charge in [-0.1, -0.05) is 33.1 Å². The molecule has 1 nitrogen and oxygen atoms in total. The Kier molecular flexibility index (Phi) is 2.94. The first-order chi connectivity index (χ1) is 5.20. The average Bonchev–Trinajstić information content (AvgIpc) is 2.05. The second-order valence-electron chi connectivity index (χ2n) is 4.39. The lowest BCUT2D eigenvalue weighted by Gasteiger charge is -2.36. The van der Waals surface area contributed by atoms with Gasteiger partial charge in [-0.15, -0.1) is 0 Å². The summed E-state index contributed by atoms with van der Waals surface area (Å²) in [6.07, 6.45) is 6.88. The first-order valence-corrected chi connectivity index (χ1v) is 4.90. The molecule has 1 fully saturated rings. The van der Waals surface area contributed by atoms with Gasteiger partial charge in [-0.05, 0) is 30.7 Å². The normalized spacial score (nSPS) is 39.0. The predicted octanol–water partition coefficient (Wildman–Crippen LogP) is 2.55. The lowest BCUT2D eigenvalue weighted by atomic mass is 9.70. The smallest absolute Gasteiger partial charge is 0.00231 e. The van der Waals surface area contributed by atoms with Gasteiger partial charge < -0.3 is 5.73 Å². The van der Waals surface area contributed by atoms with Gasteiger partial charge in [0, 0.05) is 0 Å². The molecule has 1 saturated carbocycles. The third kappa shape index (κ3) is 2.19. The van der Waals surface area contributed by atoms with Crippen molar-refractivity contribution in [1.82, 2.24) is 0 Å². The van der Waals surface area contributed by atoms with Gasteiger partial charge in [0.05, 0.1) is 0 Å². The Balaban J connectivity index is 2.44. The molecule has 1 aliphatic carbocycles. The van der Waals surface area contributed by atoms with Gasteiger partial charge in [-0.2, -0.15) is 0 Å². The van der Waals surface area contributed by atoms with Crippen LogP contribution in [0.15, 0.2) is 0 Å². The summed E-state index contributed by atoms with van der Waals surface area (Å²) in [6.45, 7) is 5.52. The zero-order valence-electron chi connectivity index (χ0n) is 7.90. The maximum Gasteiger partial charge on any atom is -0.00231 e. The SMILES string of the molecule is CCC1CCCC(C)(CN)C1. The Morgan fingerprint density at radius 1 is 1.55 bits per heavy atom. The molecule has 1 rings (SSSR count). The van der Waals surface area contributed by atoms with Crippen LogP contribution in [0.2, 0.25) is 0 Å². The summed E-state index contributed by atoms with van der Waals surface area (Å²) in [5.41, 5.74) is 6.23. The molecule has 0 spiro atoms. The largest absolute Gasteiger partial charge is 0.330 e. The molecular formula is C10H21N. The van der Waals surface area contributed by atoms with E-state index in [0.29, 0.717) is 5.41 Å². The fourth-order valence-electron chi connectivity index (χ4n) is 2.25. The second-order valence-corrected chi connectivity index (χ2v) is 4.39. The van der Waals surface area contributed by atoms with Crippen LogP contribution in [-0.2, 0) is 0 Å². The van der Waals surface area contributed by atoms with E-state index in [1.165, 1.54) is 32.1 Å². The summed E-state index contributed by atoms with van der Waals surface area (Å²) in [7, 11) is 0. The third-order valence-electron chi connectivity index (χ3n) is 3.24. The molecule has 0 aliphatic heterocycles. The molecule has 0 saturated heterocycles. The molecular weight excluding hydrogens is 134 g/mol. The average molecular weight is 155 g/mol. The van der Waals surface area contributed by atoms with Crippen LogP contribution in [0, 0.1) is 11.3 Å². The first-order valence-electron chi connectivity index (χ1n) is 4.90. The molecule has 0 aromatic carbocycles. The van der Waals surface area contributed by atoms with Gasteiger partial charge in [-0.25, -0.2) is 0 Å². The minimum Gasteiger partial charge on any atom is -0.330 e. The standard InChI is InChI=1S/C10H21N/c1-3-9-5-4-6-10(2,7-9)8-11/h9H,3-8,11H2,1-2H3. The zero-order valence-corrected chi connectivity index (χ0v) is 7.90. The topological polar surface area (TPSA) is 26.0 Å². The van der Waals surface area contributed by atoms with E-state index >= 15 is 0 Å². The lowest BCUT2D eigenvalue weighted by Crippen LogP contribution is -2.32. The van der Waals surface area contributed by atoms with Gasteiger partial charge in [0.2, 0.25) is 0 Å². The van der Waals surface area contributed by atoms with Crippen LogP contribution in [0.25, 0.3) is 0 Å². The summed E-state index contributed by atoms with van der Waals surface area (Å²) >= 11 is 0. The highest BCUT2D eigenvalue weighted by Gasteiger charge is 2.29. The molecule has 0 amide bonds. The van der Waals surface area contributed by atoms with Gasteiger partial charge >= 0.3 is 0 Å². The van der Waals surface area contributed by atoms with Gasteiger partial charge in [-0.3, -0.25) is 0 Å². The van der Waals surface area contributed by atoms with E-state index in [4.69, 9.17) is 5.73 Å². The Labute approximate surface area is 70.4 Å². The van der Waals surface area contributed by atoms with E-state index in [9.17, 15) is 0 Å². The first kappa shape index (κ1) is 9.05. The van der Waals surface area contributed by atoms with Crippen LogP contribution in [-0.4, -0.2) is 6.54 Å². The van der Waals surface area contributed by atoms with E-state index < -0.39 is 0 Å². The Morgan fingerprint density at radius 2 is 2.27 bits per heavy atom. The van der Waals surface area contributed by atoms with Crippen LogP contribution in [0.1, 0.15) is 46.0 Å². The summed E-state index contributed by atoms with van der Waals surface area (Å²) in [5, 5.41) is 0. The van der Waals surface area contributed by atoms with E-state index in [0.717, 1.165) is 12.5 Å². The fraction of sp³-hybridized carbons (Fsp3) is 1.00. The van der Waals surface area contributed by atoms with E-state index in [1.807, 2.05) is 0 Å². The number of hydrogen-bond donors (Lipinski definition) is 1. The number of hydrogen-bond acceptors (Lipinski definition) is 1. The highest BCUT2D eigenvalue weighted by Crippen LogP contribution is 2.39. The Hall–Kier alpha value is -0.0400. The van der Waals surface area contributed by atoms with Crippen LogP contribution in [0.5, 0.6) is 0 Å². The van der Waals surface area contributed by atoms with Gasteiger partial charge in [0.25, 0.3) is 0 Å². The highest BCUT2D eigenvalue weighted by atomic mass is 14.6. The highest BCUT2D eigenvalue weighted by molar-refractivity contribution is 4.82. The summed E-state index contributed by atoms with van der Waals surface area (Å²) in [6, 6.07) is 0. The predicted molar refractivity (Wildman–Crippen MR) is 49.4 cm³/mol. The van der Waals surface area contributed by atoms with Crippen LogP contribution in [0.4, 0.5) is 0 Å². The molecule has 0 aromatic rings. The molecule has 0 radical (unpaired) electrons. The van der Waals surface area contributed by atoms with Crippen molar-refractivity contribution < 1.29 is 0 Å². The van der Waals surface area contributed by atoms with Gasteiger partial charge in [0.15, 0.2) is 0 Å². The molecule has 2 unspecified atom stereocenters. The third-order valence-corrected chi connectivity index (χ3v) is 3.24. The minimum atomic E-state index is 0.471. The number of nitrogens with two attached hydrogens (primary N) is 1. The fourth-order valence-corrected chi connectivity index (χ4v) is 2.25. The summed E-state index contributed by atoms with van der Waals surface area (Å²) in [4.78, 5) is 0. The minimum absolute atomic E-state index is 0.471. The van der Waals surface area contributed by atoms with Crippen molar-refractivity contribution in [2.45, 2.75) is 46.0 Å². The molecule has 0 heterocycles. The van der Waals surface area contributed by atoms with Crippen molar-refractivity contribution in [2.24, 2.45) is 17.1 Å². The second kappa shape index (κ2) is 3.57. The van der Waals surface area contributed by atoms with Crippen molar-refractivity contribution in [3.63, 3.8) is 0 Å². The van der Waals surface area contributed by atoms with E-state index in [2.05, 4.69) is 13.8 Å². The quantitative estimate of drug-likeness (QED) is 0.651. The van der Waals surface area contributed by atoms with Crippen molar-refractivity contribution in [3.05, 3.63) is 0 Å². The molecule has 0 bridgehead atoms. The van der Waals surface area contributed by atoms with Crippen LogP contribution in [0.3, 0.4) is 0 Å². The van der Waals surface area contributed by atoms with Crippen molar-refractivity contribution in [1.29, 1.82) is 0 Å². The molecule has 0 aromatic heterocycles. The monoisotopic (exact) mass is 155 g/mol. The molecule has 66 valence electrons. The maximum atomic E-state index is 5.75. The Morgan fingerprint density at radius 3 is 2.82 bits per heavy atom. The summed E-state index contributed by atoms with van der Waals surface area (Å²) < 4.78 is 0. The number of rotatable bonds is 2. The van der Waals surface area contributed by atoms with Crippen LogP contribution < -0.4 is 5.73 Å². The van der Waals surface area contributed by atoms with Crippen LogP contribution >= 0.6 is 0 Å². The zero-order chi connectivity index (χ0) is 8.32. The molecule has 2 N–H and O–H groups in total. The van der Waals surface area contributed by atoms with E-state index in [-0.39, 0.29) is 0 Å². The maximum absolute atomic E-state index is 5.75. The Bertz CT molecular complexity index is 122. The summed E-state index contributed by atoms with van der Waals surface area (Å²) in [5.74, 6) is 0.956. The van der Waals surface area contributed by atoms with Crippen molar-refractivity contribution in [2.75, 3.05) is 6.54 Å².